The van der Waals surface area contributed by atoms with Crippen LogP contribution in [0.1, 0.15) is 94.4 Å². The zero-order valence-electron chi connectivity index (χ0n) is 59.3. The van der Waals surface area contributed by atoms with Crippen LogP contribution in [0.15, 0.2) is 107 Å². The van der Waals surface area contributed by atoms with Gasteiger partial charge in [0.25, 0.3) is 22.9 Å². The van der Waals surface area contributed by atoms with Crippen LogP contribution in [0.2, 0.25) is 10.0 Å². The maximum absolute atomic E-state index is 13.7. The zero-order chi connectivity index (χ0) is 74.2. The Bertz CT molecular complexity index is 5290. The van der Waals surface area contributed by atoms with Gasteiger partial charge in [-0.3, -0.25) is 68.8 Å². The largest absolute Gasteiger partial charge is 0.478 e. The van der Waals surface area contributed by atoms with Crippen LogP contribution in [-0.2, 0) is 57.0 Å². The Morgan fingerprint density at radius 3 is 1.75 bits per heavy atom. The van der Waals surface area contributed by atoms with Gasteiger partial charge in [0.15, 0.2) is 35.8 Å². The van der Waals surface area contributed by atoms with Crippen molar-refractivity contribution in [2.45, 2.75) is 89.1 Å². The number of pyridine rings is 2. The molecule has 0 bridgehead atoms. The van der Waals surface area contributed by atoms with Crippen molar-refractivity contribution in [3.8, 4) is 11.5 Å². The number of para-hydroxylation sites is 1. The van der Waals surface area contributed by atoms with Crippen molar-refractivity contribution in [3.05, 3.63) is 139 Å². The lowest BCUT2D eigenvalue weighted by Gasteiger charge is -2.33. The number of nitrogens with zero attached hydrogens (tertiary/aromatic N) is 13. The molecule has 5 atom stereocenters. The van der Waals surface area contributed by atoms with Gasteiger partial charge >= 0.3 is 0 Å². The molecule has 0 radical (unpaired) electrons. The number of imide groups is 2. The fraction of sp³-hybridized carbons (Fsp3) is 0.378. The first-order chi connectivity index (χ1) is 51.1. The van der Waals surface area contributed by atoms with E-state index in [1.54, 1.807) is 72.3 Å². The molecule has 10 aromatic rings. The summed E-state index contributed by atoms with van der Waals surface area (Å²) in [6, 6.07) is 25.8. The standard InChI is InChI=1S/C74H80Cl2N20O10/c1-40(106-59-33-44-31-47(16-21-56(44)91(3)72(59)104)82-67-53(76)36-79-73(86-67)95-28-8-10-41(37-95)24-26-77-45-14-17-48-57(34-45)92(4)87-63(48)50-18-22-60(97)83-69(50)101)68(100)89-93(5)62(99)39-105-58-32-43-30-46(15-20-55(43)90(2)71(58)103)81-66-52(75)35-80-74(85-66)96-29-9-11-42(38-96)25-27-78-54-13-7-12-49-64(88-94(6)65(49)54)51-19-23-61(98)84-70(51)102/h7,12-17,20-21,30-36,40-42,50-51,77-78H,8-11,18-19,22-29,37-39H2,1-6H3,(H,89,100)(H,79,82,86)(H,80,81,85)(H,83,97,101)(H,84,98,102)/t40?,41-,42-,50?,51?/m0/s1. The molecular formula is C74H80Cl2N20O10. The van der Waals surface area contributed by atoms with E-state index in [2.05, 4.69) is 62.2 Å². The van der Waals surface area contributed by atoms with Gasteiger partial charge < -0.3 is 49.7 Å². The first-order valence-electron chi connectivity index (χ1n) is 35.4. The fourth-order valence-corrected chi connectivity index (χ4v) is 14.9. The van der Waals surface area contributed by atoms with Gasteiger partial charge in [0, 0.05) is 126 Å². The lowest BCUT2D eigenvalue weighted by atomic mass is 9.92. The molecule has 4 aliphatic heterocycles. The molecule has 6 aromatic heterocycles. The summed E-state index contributed by atoms with van der Waals surface area (Å²) in [5, 5.41) is 32.6. The number of carbonyl (C=O) groups is 6. The number of rotatable bonds is 22. The summed E-state index contributed by atoms with van der Waals surface area (Å²) in [7, 11) is 8.23. The van der Waals surface area contributed by atoms with E-state index in [4.69, 9.17) is 47.7 Å². The predicted octanol–water partition coefficient (Wildman–Crippen LogP) is 8.35. The van der Waals surface area contributed by atoms with E-state index in [9.17, 15) is 38.4 Å². The normalized spacial score (nSPS) is 18.0. The molecule has 3 unspecified atom stereocenters. The third kappa shape index (κ3) is 15.1. The second-order valence-corrected chi connectivity index (χ2v) is 28.4. The van der Waals surface area contributed by atoms with Crippen LogP contribution >= 0.6 is 23.2 Å². The minimum Gasteiger partial charge on any atom is -0.478 e. The molecule has 30 nitrogen and oxygen atoms in total. The van der Waals surface area contributed by atoms with Gasteiger partial charge in [0.1, 0.15) is 10.0 Å². The van der Waals surface area contributed by atoms with Crippen LogP contribution in [0.4, 0.5) is 46.3 Å². The zero-order valence-corrected chi connectivity index (χ0v) is 60.8. The molecule has 106 heavy (non-hydrogen) atoms. The number of piperidine rings is 4. The Kier molecular flexibility index (Phi) is 20.5. The van der Waals surface area contributed by atoms with Crippen molar-refractivity contribution >= 4 is 149 Å². The number of fused-ring (bicyclic) bond motifs is 4. The molecular weight excluding hydrogens is 1400 g/mol. The molecule has 4 aliphatic rings. The highest BCUT2D eigenvalue weighted by molar-refractivity contribution is 6.33. The minimum absolute atomic E-state index is 0.116. The molecule has 550 valence electrons. The number of benzene rings is 4. The number of aryl methyl sites for hydroxylation is 4. The number of aromatic nitrogens is 10. The molecule has 4 fully saturated rings. The summed E-state index contributed by atoms with van der Waals surface area (Å²) in [5.74, 6) is -1.30. The Balaban J connectivity index is 0.556. The van der Waals surface area contributed by atoms with Crippen molar-refractivity contribution in [3.63, 3.8) is 0 Å². The summed E-state index contributed by atoms with van der Waals surface area (Å²) >= 11 is 13.4. The molecule has 32 heteroatoms. The first kappa shape index (κ1) is 71.6. The average Bonchev–Trinajstić information content (AvgIpc) is 1.62. The molecule has 0 saturated carbocycles. The number of amides is 6. The summed E-state index contributed by atoms with van der Waals surface area (Å²) in [4.78, 5) is 127. The summed E-state index contributed by atoms with van der Waals surface area (Å²) in [6.07, 6.45) is 9.01. The van der Waals surface area contributed by atoms with E-state index < -0.39 is 47.5 Å². The van der Waals surface area contributed by atoms with Crippen molar-refractivity contribution in [1.82, 2.24) is 69.7 Å². The Hall–Kier alpha value is -11.4. The number of likely N-dealkylation sites (N-methyl/N-ethyl adjacent to an activating group) is 1. The van der Waals surface area contributed by atoms with Crippen molar-refractivity contribution in [1.29, 1.82) is 0 Å². The van der Waals surface area contributed by atoms with Crippen LogP contribution < -0.4 is 67.7 Å². The summed E-state index contributed by atoms with van der Waals surface area (Å²) < 4.78 is 18.2. The van der Waals surface area contributed by atoms with Gasteiger partial charge in [-0.2, -0.15) is 20.2 Å². The van der Waals surface area contributed by atoms with Crippen LogP contribution in [0.5, 0.6) is 11.5 Å². The average molecular weight is 1480 g/mol. The van der Waals surface area contributed by atoms with E-state index in [0.29, 0.717) is 109 Å². The number of hydrogen-bond acceptors (Lipinski definition) is 22. The molecule has 0 spiro atoms. The SMILES string of the molecule is CC(Oc1cc2cc(Nc3nc(N4CCC[C@@H](CCNc5ccc6c(C7CCC(=O)NC7=O)nn(C)c6c5)C4)ncc3Cl)ccc2n(C)c1=O)C(=O)NN(C)C(=O)COc1cc2cc(Nc3nc(N4CCC[C@@H](CCNc5cccc6c(C7CCC(=O)NC7=O)nn(C)c56)C4)ncc3Cl)ccc2n(C)c1=O. The Labute approximate surface area is 617 Å². The molecule has 7 N–H and O–H groups in total. The van der Waals surface area contributed by atoms with E-state index in [0.717, 1.165) is 109 Å². The molecule has 4 saturated heterocycles. The Morgan fingerprint density at radius 2 is 1.16 bits per heavy atom. The maximum Gasteiger partial charge on any atom is 0.293 e. The summed E-state index contributed by atoms with van der Waals surface area (Å²) in [5.41, 5.74) is 8.85. The van der Waals surface area contributed by atoms with Gasteiger partial charge in [0.2, 0.25) is 35.5 Å². The third-order valence-electron chi connectivity index (χ3n) is 20.3. The smallest absolute Gasteiger partial charge is 0.293 e. The highest BCUT2D eigenvalue weighted by atomic mass is 35.5. The second-order valence-electron chi connectivity index (χ2n) is 27.6. The monoisotopic (exact) mass is 1480 g/mol. The number of nitrogens with one attached hydrogen (secondary N) is 7. The van der Waals surface area contributed by atoms with Gasteiger partial charge in [-0.15, -0.1) is 0 Å². The van der Waals surface area contributed by atoms with E-state index in [-0.39, 0.29) is 48.0 Å². The summed E-state index contributed by atoms with van der Waals surface area (Å²) in [6.45, 7) is 5.24. The number of hydrogen-bond donors (Lipinski definition) is 7. The number of halogens is 2. The number of carbonyl (C=O) groups excluding carboxylic acids is 6. The van der Waals surface area contributed by atoms with Crippen LogP contribution in [0.25, 0.3) is 43.6 Å². The minimum atomic E-state index is -1.26. The number of anilines is 8. The van der Waals surface area contributed by atoms with Gasteiger partial charge in [0.05, 0.1) is 63.4 Å². The van der Waals surface area contributed by atoms with E-state index in [1.165, 1.54) is 35.2 Å². The van der Waals surface area contributed by atoms with Crippen LogP contribution in [-0.4, -0.2) is 148 Å². The molecule has 14 rings (SSSR count). The van der Waals surface area contributed by atoms with E-state index in [1.807, 2.05) is 50.5 Å². The topological polar surface area (TPSA) is 346 Å². The molecule has 10 heterocycles. The van der Waals surface area contributed by atoms with Gasteiger partial charge in [-0.1, -0.05) is 35.3 Å². The molecule has 6 amide bonds. The third-order valence-corrected chi connectivity index (χ3v) is 20.9. The lowest BCUT2D eigenvalue weighted by molar-refractivity contribution is -0.143. The maximum atomic E-state index is 13.7. The van der Waals surface area contributed by atoms with Gasteiger partial charge in [-0.25, -0.2) is 9.97 Å². The van der Waals surface area contributed by atoms with Crippen molar-refractivity contribution in [2.24, 2.45) is 40.0 Å². The highest BCUT2D eigenvalue weighted by Crippen LogP contribution is 2.37. The Morgan fingerprint density at radius 1 is 0.623 bits per heavy atom. The highest BCUT2D eigenvalue weighted by Gasteiger charge is 2.35. The van der Waals surface area contributed by atoms with Crippen molar-refractivity contribution < 1.29 is 38.2 Å². The van der Waals surface area contributed by atoms with E-state index >= 15 is 0 Å². The fourth-order valence-electron chi connectivity index (χ4n) is 14.6. The van der Waals surface area contributed by atoms with Crippen LogP contribution in [0.3, 0.4) is 0 Å². The predicted molar refractivity (Wildman–Crippen MR) is 403 cm³/mol. The first-order valence-corrected chi connectivity index (χ1v) is 36.1. The van der Waals surface area contributed by atoms with Crippen molar-refractivity contribution in [2.75, 3.05) is 84.0 Å². The second kappa shape index (κ2) is 30.4. The van der Waals surface area contributed by atoms with Crippen LogP contribution in [0, 0.1) is 11.8 Å². The number of hydrazine groups is 1. The lowest BCUT2D eigenvalue weighted by Crippen LogP contribution is -2.50. The quantitative estimate of drug-likeness (QED) is 0.0247. The van der Waals surface area contributed by atoms with Gasteiger partial charge in [-0.05, 0) is 143 Å². The molecule has 0 aliphatic carbocycles. The molecule has 4 aromatic carbocycles. The number of ether oxygens (including phenoxy) is 2.